The molecule has 0 radical (unpaired) electrons. The van der Waals surface area contributed by atoms with Gasteiger partial charge in [-0.3, -0.25) is 0 Å². The van der Waals surface area contributed by atoms with Gasteiger partial charge in [0, 0.05) is 23.9 Å². The van der Waals surface area contributed by atoms with Crippen molar-refractivity contribution in [3.8, 4) is 0 Å². The first-order chi connectivity index (χ1) is 10.8. The molecule has 1 fully saturated rings. The Hall–Kier alpha value is 0.0400. The number of hydrogen-bond donors (Lipinski definition) is 2. The molecule has 1 aliphatic rings. The van der Waals surface area contributed by atoms with Crippen LogP contribution in [0.5, 0.6) is 0 Å². The van der Waals surface area contributed by atoms with Gasteiger partial charge < -0.3 is 24.4 Å². The fourth-order valence-electron chi connectivity index (χ4n) is 2.50. The molecule has 1 heterocycles. The predicted molar refractivity (Wildman–Crippen MR) is 85.8 cm³/mol. The van der Waals surface area contributed by atoms with Crippen LogP contribution in [0.3, 0.4) is 0 Å². The van der Waals surface area contributed by atoms with Crippen LogP contribution in [0.4, 0.5) is 0 Å². The summed E-state index contributed by atoms with van der Waals surface area (Å²) in [4.78, 5) is 0. The zero-order valence-corrected chi connectivity index (χ0v) is 15.2. The molecule has 138 valence electrons. The fraction of sp³-hybridized carbons (Fsp3) is 1.00. The molecular weight excluding hydrogens is 348 g/mol. The third-order valence-corrected chi connectivity index (χ3v) is 4.84. The summed E-state index contributed by atoms with van der Waals surface area (Å²) in [7, 11) is 1.43. The molecule has 1 unspecified atom stereocenters. The molecule has 0 aliphatic carbocycles. The first kappa shape index (κ1) is 21.1. The Kier molecular flexibility index (Phi) is 8.71. The monoisotopic (exact) mass is 374 g/mol. The van der Waals surface area contributed by atoms with E-state index >= 15 is 0 Å². The van der Waals surface area contributed by atoms with Crippen LogP contribution in [0.25, 0.3) is 0 Å². The second-order valence-corrected chi connectivity index (χ2v) is 8.57. The number of hydrogen-bond acceptors (Lipinski definition) is 7. The topological polar surface area (TPSA) is 102 Å². The normalized spacial score (nSPS) is 31.6. The van der Waals surface area contributed by atoms with Crippen LogP contribution in [0.15, 0.2) is 0 Å². The summed E-state index contributed by atoms with van der Waals surface area (Å²) in [6.07, 6.45) is -0.603. The van der Waals surface area contributed by atoms with E-state index in [9.17, 15) is 18.6 Å². The molecular formula is C14H27ClO7S. The zero-order chi connectivity index (χ0) is 17.5. The second-order valence-electron chi connectivity index (χ2n) is 5.80. The minimum Gasteiger partial charge on any atom is -0.385 e. The molecule has 1 rings (SSSR count). The Morgan fingerprint density at radius 3 is 2.35 bits per heavy atom. The highest BCUT2D eigenvalue weighted by atomic mass is 35.7. The van der Waals surface area contributed by atoms with Crippen LogP contribution in [-0.4, -0.2) is 68.3 Å². The number of aliphatic hydroxyl groups excluding tert-OH is 2. The number of unbranched alkanes of at least 4 members (excludes halogenated alkanes) is 2. The summed E-state index contributed by atoms with van der Waals surface area (Å²) in [6, 6.07) is 0. The van der Waals surface area contributed by atoms with E-state index in [1.54, 1.807) is 0 Å². The average Bonchev–Trinajstić information content (AvgIpc) is 2.66. The summed E-state index contributed by atoms with van der Waals surface area (Å²) in [5.41, 5.74) is -1.53. The van der Waals surface area contributed by atoms with Crippen molar-refractivity contribution in [3.05, 3.63) is 0 Å². The van der Waals surface area contributed by atoms with Crippen molar-refractivity contribution in [2.75, 3.05) is 25.6 Å². The molecule has 1 aliphatic heterocycles. The highest BCUT2D eigenvalue weighted by Crippen LogP contribution is 2.35. The first-order valence-electron chi connectivity index (χ1n) is 7.91. The van der Waals surface area contributed by atoms with Crippen molar-refractivity contribution in [1.82, 2.24) is 0 Å². The van der Waals surface area contributed by atoms with E-state index in [4.69, 9.17) is 24.9 Å². The maximum atomic E-state index is 11.6. The molecule has 0 spiro atoms. The van der Waals surface area contributed by atoms with Crippen molar-refractivity contribution in [2.45, 2.75) is 63.6 Å². The number of rotatable bonds is 11. The van der Waals surface area contributed by atoms with Gasteiger partial charge in [-0.15, -0.1) is 0 Å². The SMILES string of the molecule is CCCCOC[C@]1(CS(=O)(=O)Cl)O[C@H](O)[C@@H](O)C1OCCCC. The summed E-state index contributed by atoms with van der Waals surface area (Å²) >= 11 is 0. The van der Waals surface area contributed by atoms with Crippen LogP contribution in [0.1, 0.15) is 39.5 Å². The van der Waals surface area contributed by atoms with Gasteiger partial charge in [0.2, 0.25) is 9.05 Å². The largest absolute Gasteiger partial charge is 0.385 e. The Morgan fingerprint density at radius 1 is 1.17 bits per heavy atom. The first-order valence-corrected chi connectivity index (χ1v) is 10.4. The molecule has 2 N–H and O–H groups in total. The lowest BCUT2D eigenvalue weighted by Gasteiger charge is -2.33. The minimum atomic E-state index is -3.95. The minimum absolute atomic E-state index is 0.135. The standard InChI is InChI=1S/C14H27ClO7S/c1-3-5-7-20-9-14(10-23(15,18)19)12(21-8-6-4-2)11(16)13(17)22-14/h11-13,16-17H,3-10H2,1-2H3/t11-,12?,13-,14+/m0/s1. The molecule has 23 heavy (non-hydrogen) atoms. The van der Waals surface area contributed by atoms with Gasteiger partial charge in [0.25, 0.3) is 0 Å². The van der Waals surface area contributed by atoms with Crippen LogP contribution >= 0.6 is 10.7 Å². The summed E-state index contributed by atoms with van der Waals surface area (Å²) < 4.78 is 39.6. The fourth-order valence-corrected chi connectivity index (χ4v) is 3.95. The highest BCUT2D eigenvalue weighted by molar-refractivity contribution is 8.13. The van der Waals surface area contributed by atoms with Gasteiger partial charge in [-0.2, -0.15) is 0 Å². The van der Waals surface area contributed by atoms with Gasteiger partial charge in [-0.25, -0.2) is 8.42 Å². The molecule has 0 aromatic rings. The van der Waals surface area contributed by atoms with Gasteiger partial charge in [-0.05, 0) is 12.8 Å². The lowest BCUT2D eigenvalue weighted by Crippen LogP contribution is -2.52. The third kappa shape index (κ3) is 6.45. The molecule has 1 saturated heterocycles. The summed E-state index contributed by atoms with van der Waals surface area (Å²) in [5.74, 6) is -0.613. The van der Waals surface area contributed by atoms with Crippen molar-refractivity contribution >= 4 is 19.7 Å². The van der Waals surface area contributed by atoms with E-state index < -0.39 is 38.9 Å². The highest BCUT2D eigenvalue weighted by Gasteiger charge is 2.57. The van der Waals surface area contributed by atoms with Crippen LogP contribution in [-0.2, 0) is 23.3 Å². The predicted octanol–water partition coefficient (Wildman–Crippen LogP) is 1.01. The van der Waals surface area contributed by atoms with E-state index in [-0.39, 0.29) is 6.61 Å². The molecule has 7 nitrogen and oxygen atoms in total. The number of halogens is 1. The average molecular weight is 375 g/mol. The Balaban J connectivity index is 2.91. The van der Waals surface area contributed by atoms with Gasteiger partial charge >= 0.3 is 0 Å². The van der Waals surface area contributed by atoms with Crippen molar-refractivity contribution in [1.29, 1.82) is 0 Å². The summed E-state index contributed by atoms with van der Waals surface area (Å²) in [5, 5.41) is 19.9. The molecule has 4 atom stereocenters. The smallest absolute Gasteiger partial charge is 0.235 e. The quantitative estimate of drug-likeness (QED) is 0.411. The van der Waals surface area contributed by atoms with Gasteiger partial charge in [-0.1, -0.05) is 26.7 Å². The number of ether oxygens (including phenoxy) is 3. The van der Waals surface area contributed by atoms with Crippen LogP contribution in [0.2, 0.25) is 0 Å². The Morgan fingerprint density at radius 2 is 1.78 bits per heavy atom. The molecule has 9 heteroatoms. The molecule has 0 saturated carbocycles. The third-order valence-electron chi connectivity index (χ3n) is 3.68. The van der Waals surface area contributed by atoms with Crippen molar-refractivity contribution in [2.24, 2.45) is 0 Å². The second kappa shape index (κ2) is 9.50. The maximum absolute atomic E-state index is 11.6. The summed E-state index contributed by atoms with van der Waals surface area (Å²) in [6.45, 7) is 4.57. The van der Waals surface area contributed by atoms with E-state index in [1.807, 2.05) is 13.8 Å². The molecule has 0 amide bonds. The molecule has 0 aromatic carbocycles. The lowest BCUT2D eigenvalue weighted by molar-refractivity contribution is -0.174. The van der Waals surface area contributed by atoms with E-state index in [0.29, 0.717) is 13.2 Å². The van der Waals surface area contributed by atoms with Gasteiger partial charge in [0.1, 0.15) is 17.8 Å². The Bertz CT molecular complexity index is 444. The molecule has 0 aromatic heterocycles. The van der Waals surface area contributed by atoms with E-state index in [1.165, 1.54) is 0 Å². The van der Waals surface area contributed by atoms with Crippen molar-refractivity contribution in [3.63, 3.8) is 0 Å². The maximum Gasteiger partial charge on any atom is 0.235 e. The zero-order valence-electron chi connectivity index (χ0n) is 13.6. The van der Waals surface area contributed by atoms with E-state index in [2.05, 4.69) is 0 Å². The van der Waals surface area contributed by atoms with E-state index in [0.717, 1.165) is 25.7 Å². The van der Waals surface area contributed by atoms with Crippen molar-refractivity contribution < 1.29 is 32.8 Å². The van der Waals surface area contributed by atoms with Crippen LogP contribution < -0.4 is 0 Å². The Labute approximate surface area is 142 Å². The van der Waals surface area contributed by atoms with Gasteiger partial charge in [0.05, 0.1) is 12.4 Å². The van der Waals surface area contributed by atoms with Gasteiger partial charge in [0.15, 0.2) is 6.29 Å². The molecule has 0 bridgehead atoms. The van der Waals surface area contributed by atoms with Crippen LogP contribution in [0, 0.1) is 0 Å². The number of aliphatic hydroxyl groups is 2. The lowest BCUT2D eigenvalue weighted by atomic mass is 9.98.